The minimum atomic E-state index is -0.499. The fourth-order valence-corrected chi connectivity index (χ4v) is 4.47. The Bertz CT molecular complexity index is 875. The van der Waals surface area contributed by atoms with Gasteiger partial charge in [-0.25, -0.2) is 0 Å². The van der Waals surface area contributed by atoms with E-state index in [4.69, 9.17) is 18.9 Å². The van der Waals surface area contributed by atoms with Crippen LogP contribution in [0.4, 0.5) is 0 Å². The van der Waals surface area contributed by atoms with Crippen molar-refractivity contribution >= 4 is 0 Å². The van der Waals surface area contributed by atoms with Crippen LogP contribution in [0.3, 0.4) is 0 Å². The van der Waals surface area contributed by atoms with Crippen LogP contribution >= 0.6 is 0 Å². The summed E-state index contributed by atoms with van der Waals surface area (Å²) >= 11 is 0. The smallest absolute Gasteiger partial charge is 0.131 e. The van der Waals surface area contributed by atoms with Gasteiger partial charge in [0.15, 0.2) is 0 Å². The van der Waals surface area contributed by atoms with E-state index < -0.39 is 11.2 Å². The normalized spacial score (nSPS) is 13.2. The van der Waals surface area contributed by atoms with Crippen LogP contribution in [0.15, 0.2) is 36.4 Å². The molecule has 0 aliphatic heterocycles. The molecule has 4 nitrogen and oxygen atoms in total. The fraction of sp³-hybridized carbons (Fsp3) is 0.613. The van der Waals surface area contributed by atoms with Gasteiger partial charge in [-0.1, -0.05) is 51.3 Å². The van der Waals surface area contributed by atoms with Crippen molar-refractivity contribution < 1.29 is 18.9 Å². The molecule has 0 aliphatic carbocycles. The molecule has 196 valence electrons. The number of hydrogen-bond acceptors (Lipinski definition) is 4. The molecule has 35 heavy (non-hydrogen) atoms. The van der Waals surface area contributed by atoms with E-state index in [0.29, 0.717) is 25.0 Å². The van der Waals surface area contributed by atoms with Gasteiger partial charge in [-0.3, -0.25) is 0 Å². The van der Waals surface area contributed by atoms with E-state index in [9.17, 15) is 0 Å². The van der Waals surface area contributed by atoms with Gasteiger partial charge in [0.25, 0.3) is 0 Å². The standard InChI is InChI=1S/C31H48O4/c1-11-12-13-26(22(2)3)24-14-16-25(17-15-24)34-18-19-35-29-27(30(5,6)32-9)20-23(4)21-28(29)31(7,8)33-10/h14-17,20-22,26H,11-13,18-19H2,1-10H3. The van der Waals surface area contributed by atoms with Crippen molar-refractivity contribution in [1.82, 2.24) is 0 Å². The molecular formula is C31H48O4. The zero-order chi connectivity index (χ0) is 26.2. The van der Waals surface area contributed by atoms with Gasteiger partial charge in [-0.2, -0.15) is 0 Å². The van der Waals surface area contributed by atoms with E-state index in [-0.39, 0.29) is 0 Å². The molecule has 1 atom stereocenters. The topological polar surface area (TPSA) is 36.9 Å². The van der Waals surface area contributed by atoms with E-state index in [1.54, 1.807) is 14.2 Å². The van der Waals surface area contributed by atoms with E-state index >= 15 is 0 Å². The lowest BCUT2D eigenvalue weighted by molar-refractivity contribution is 0.00822. The Hall–Kier alpha value is -2.04. The lowest BCUT2D eigenvalue weighted by Crippen LogP contribution is -2.27. The Morgan fingerprint density at radius 2 is 1.31 bits per heavy atom. The van der Waals surface area contributed by atoms with Gasteiger partial charge in [-0.05, 0) is 82.7 Å². The van der Waals surface area contributed by atoms with Crippen LogP contribution in [0.5, 0.6) is 11.5 Å². The third-order valence-corrected chi connectivity index (χ3v) is 7.13. The summed E-state index contributed by atoms with van der Waals surface area (Å²) in [5.74, 6) is 2.91. The van der Waals surface area contributed by atoms with Gasteiger partial charge in [-0.15, -0.1) is 0 Å². The number of rotatable bonds is 14. The Labute approximate surface area is 214 Å². The molecule has 0 aromatic heterocycles. The van der Waals surface area contributed by atoms with E-state index in [2.05, 4.69) is 91.8 Å². The van der Waals surface area contributed by atoms with Gasteiger partial charge < -0.3 is 18.9 Å². The summed E-state index contributed by atoms with van der Waals surface area (Å²) in [6.45, 7) is 18.1. The largest absolute Gasteiger partial charge is 0.490 e. The molecule has 0 heterocycles. The molecular weight excluding hydrogens is 436 g/mol. The number of hydrogen-bond donors (Lipinski definition) is 0. The first-order valence-electron chi connectivity index (χ1n) is 13.1. The third-order valence-electron chi connectivity index (χ3n) is 7.13. The zero-order valence-electron chi connectivity index (χ0n) is 23.8. The first-order valence-corrected chi connectivity index (χ1v) is 13.1. The van der Waals surface area contributed by atoms with Crippen molar-refractivity contribution in [3.05, 3.63) is 58.7 Å². The molecule has 0 bridgehead atoms. The molecule has 0 aliphatic rings. The van der Waals surface area contributed by atoms with E-state index in [0.717, 1.165) is 28.2 Å². The second kappa shape index (κ2) is 12.8. The van der Waals surface area contributed by atoms with Gasteiger partial charge >= 0.3 is 0 Å². The number of aryl methyl sites for hydroxylation is 1. The average molecular weight is 485 g/mol. The van der Waals surface area contributed by atoms with Crippen molar-refractivity contribution in [1.29, 1.82) is 0 Å². The van der Waals surface area contributed by atoms with Gasteiger partial charge in [0.05, 0.1) is 11.2 Å². The second-order valence-corrected chi connectivity index (χ2v) is 10.9. The average Bonchev–Trinajstić information content (AvgIpc) is 2.82. The number of methoxy groups -OCH3 is 2. The maximum atomic E-state index is 6.37. The molecule has 0 saturated heterocycles. The molecule has 0 amide bonds. The zero-order valence-corrected chi connectivity index (χ0v) is 23.8. The van der Waals surface area contributed by atoms with Gasteiger partial charge in [0.1, 0.15) is 24.7 Å². The second-order valence-electron chi connectivity index (χ2n) is 10.9. The lowest BCUT2D eigenvalue weighted by Gasteiger charge is -2.32. The van der Waals surface area contributed by atoms with Crippen LogP contribution in [0, 0.1) is 12.8 Å². The molecule has 0 fully saturated rings. The van der Waals surface area contributed by atoms with Gasteiger partial charge in [0, 0.05) is 25.3 Å². The molecule has 2 rings (SSSR count). The third kappa shape index (κ3) is 7.72. The van der Waals surface area contributed by atoms with Crippen LogP contribution in [-0.4, -0.2) is 27.4 Å². The molecule has 1 unspecified atom stereocenters. The highest BCUT2D eigenvalue weighted by atomic mass is 16.5. The van der Waals surface area contributed by atoms with Crippen LogP contribution < -0.4 is 9.47 Å². The van der Waals surface area contributed by atoms with E-state index in [1.165, 1.54) is 24.8 Å². The monoisotopic (exact) mass is 484 g/mol. The van der Waals surface area contributed by atoms with Crippen molar-refractivity contribution in [2.24, 2.45) is 5.92 Å². The summed E-state index contributed by atoms with van der Waals surface area (Å²) in [5.41, 5.74) is 3.57. The number of benzene rings is 2. The predicted molar refractivity (Wildman–Crippen MR) is 146 cm³/mol. The minimum absolute atomic E-state index is 0.426. The summed E-state index contributed by atoms with van der Waals surface area (Å²) in [6.07, 6.45) is 3.73. The Morgan fingerprint density at radius 3 is 1.77 bits per heavy atom. The maximum absolute atomic E-state index is 6.37. The quantitative estimate of drug-likeness (QED) is 0.254. The van der Waals surface area contributed by atoms with Crippen LogP contribution in [-0.2, 0) is 20.7 Å². The molecule has 2 aromatic rings. The van der Waals surface area contributed by atoms with Gasteiger partial charge in [0.2, 0.25) is 0 Å². The molecule has 0 saturated carbocycles. The van der Waals surface area contributed by atoms with E-state index in [1.807, 2.05) is 0 Å². The lowest BCUT2D eigenvalue weighted by atomic mass is 9.84. The number of unbranched alkanes of at least 4 members (excludes halogenated alkanes) is 1. The Balaban J connectivity index is 2.14. The van der Waals surface area contributed by atoms with Crippen LogP contribution in [0.2, 0.25) is 0 Å². The SMILES string of the molecule is CCCCC(c1ccc(OCCOc2c(C(C)(C)OC)cc(C)cc2C(C)(C)OC)cc1)C(C)C. The highest BCUT2D eigenvalue weighted by molar-refractivity contribution is 5.49. The van der Waals surface area contributed by atoms with Crippen molar-refractivity contribution in [3.8, 4) is 11.5 Å². The molecule has 2 aromatic carbocycles. The minimum Gasteiger partial charge on any atom is -0.490 e. The summed E-state index contributed by atoms with van der Waals surface area (Å²) in [4.78, 5) is 0. The number of ether oxygens (including phenoxy) is 4. The first-order chi connectivity index (χ1) is 16.5. The van der Waals surface area contributed by atoms with Crippen molar-refractivity contribution in [2.45, 2.75) is 91.8 Å². The molecule has 0 N–H and O–H groups in total. The molecule has 0 radical (unpaired) electrons. The highest BCUT2D eigenvalue weighted by Crippen LogP contribution is 2.41. The van der Waals surface area contributed by atoms with Crippen molar-refractivity contribution in [2.75, 3.05) is 27.4 Å². The van der Waals surface area contributed by atoms with Crippen LogP contribution in [0.1, 0.15) is 95.9 Å². The van der Waals surface area contributed by atoms with Crippen molar-refractivity contribution in [3.63, 3.8) is 0 Å². The maximum Gasteiger partial charge on any atom is 0.131 e. The highest BCUT2D eigenvalue weighted by Gasteiger charge is 2.32. The Morgan fingerprint density at radius 1 is 0.800 bits per heavy atom. The summed E-state index contributed by atoms with van der Waals surface area (Å²) in [7, 11) is 3.46. The molecule has 0 spiro atoms. The molecule has 4 heteroatoms. The summed E-state index contributed by atoms with van der Waals surface area (Å²) in [6, 6.07) is 12.9. The first kappa shape index (κ1) is 29.2. The predicted octanol–water partition coefficient (Wildman–Crippen LogP) is 8.15. The fourth-order valence-electron chi connectivity index (χ4n) is 4.47. The summed E-state index contributed by atoms with van der Waals surface area (Å²) in [5, 5.41) is 0. The Kier molecular flexibility index (Phi) is 10.7. The van der Waals surface area contributed by atoms with Crippen LogP contribution in [0.25, 0.3) is 0 Å². The summed E-state index contributed by atoms with van der Waals surface area (Å²) < 4.78 is 24.0.